The molecule has 0 unspecified atom stereocenters. The SMILES string of the molecule is CN/C(=C1\C(=N)CCc2cnc(Nc3ccc(C(=O)NC4CCN(C)CC4)cc3OC)nc21)c1occc1C. The molecule has 1 aliphatic heterocycles. The highest BCUT2D eigenvalue weighted by Crippen LogP contribution is 2.35. The van der Waals surface area contributed by atoms with Crippen molar-refractivity contribution >= 4 is 34.5 Å². The Morgan fingerprint density at radius 2 is 2.00 bits per heavy atom. The molecule has 0 saturated carbocycles. The molecule has 1 aliphatic carbocycles. The zero-order chi connectivity index (χ0) is 27.5. The second kappa shape index (κ2) is 11.3. The van der Waals surface area contributed by atoms with E-state index in [0.29, 0.717) is 58.5 Å². The molecule has 1 saturated heterocycles. The Hall–Kier alpha value is -4.18. The monoisotopic (exact) mass is 529 g/mol. The molecule has 2 aromatic heterocycles. The van der Waals surface area contributed by atoms with Gasteiger partial charge in [0.2, 0.25) is 5.95 Å². The van der Waals surface area contributed by atoms with E-state index >= 15 is 0 Å². The Bertz CT molecular complexity index is 1420. The highest BCUT2D eigenvalue weighted by molar-refractivity contribution is 6.29. The number of likely N-dealkylation sites (tertiary alicyclic amines) is 1. The van der Waals surface area contributed by atoms with Crippen molar-refractivity contribution in [3.63, 3.8) is 0 Å². The molecule has 0 atom stereocenters. The summed E-state index contributed by atoms with van der Waals surface area (Å²) in [6, 6.07) is 7.38. The summed E-state index contributed by atoms with van der Waals surface area (Å²) in [7, 11) is 5.49. The van der Waals surface area contributed by atoms with Crippen molar-refractivity contribution in [2.75, 3.05) is 39.6 Å². The van der Waals surface area contributed by atoms with Crippen LogP contribution < -0.4 is 20.7 Å². The number of nitrogens with one attached hydrogen (secondary N) is 4. The number of ether oxygens (including phenoxy) is 1. The van der Waals surface area contributed by atoms with Crippen LogP contribution in [-0.4, -0.2) is 66.8 Å². The molecule has 10 nitrogen and oxygen atoms in total. The van der Waals surface area contributed by atoms with Crippen LogP contribution in [0.3, 0.4) is 0 Å². The number of benzene rings is 1. The number of piperidine rings is 1. The molecule has 3 heterocycles. The number of carbonyl (C=O) groups excluding carboxylic acids is 1. The van der Waals surface area contributed by atoms with Gasteiger partial charge in [0, 0.05) is 36.1 Å². The number of anilines is 2. The Balaban J connectivity index is 1.41. The summed E-state index contributed by atoms with van der Waals surface area (Å²) in [5.74, 6) is 1.46. The molecule has 4 N–H and O–H groups in total. The van der Waals surface area contributed by atoms with Crippen molar-refractivity contribution in [2.45, 2.75) is 38.6 Å². The summed E-state index contributed by atoms with van der Waals surface area (Å²) < 4.78 is 11.4. The quantitative estimate of drug-likeness (QED) is 0.362. The van der Waals surface area contributed by atoms with Crippen LogP contribution in [0.15, 0.2) is 41.1 Å². The average molecular weight is 530 g/mol. The Morgan fingerprint density at radius 1 is 1.21 bits per heavy atom. The van der Waals surface area contributed by atoms with Crippen LogP contribution in [0, 0.1) is 12.3 Å². The minimum absolute atomic E-state index is 0.111. The molecule has 1 aromatic carbocycles. The average Bonchev–Trinajstić information content (AvgIpc) is 3.37. The molecule has 39 heavy (non-hydrogen) atoms. The van der Waals surface area contributed by atoms with E-state index in [-0.39, 0.29) is 11.9 Å². The second-order valence-corrected chi connectivity index (χ2v) is 10.1. The number of rotatable bonds is 7. The first kappa shape index (κ1) is 26.4. The molecular formula is C29H35N7O3. The fourth-order valence-corrected chi connectivity index (χ4v) is 5.12. The molecule has 1 fully saturated rings. The van der Waals surface area contributed by atoms with Crippen LogP contribution >= 0.6 is 0 Å². The zero-order valence-corrected chi connectivity index (χ0v) is 22.9. The van der Waals surface area contributed by atoms with Gasteiger partial charge in [0.25, 0.3) is 5.91 Å². The van der Waals surface area contributed by atoms with E-state index in [1.165, 1.54) is 0 Å². The number of furan rings is 1. The lowest BCUT2D eigenvalue weighted by Crippen LogP contribution is -2.43. The molecule has 0 spiro atoms. The van der Waals surface area contributed by atoms with E-state index in [1.807, 2.05) is 20.0 Å². The first-order chi connectivity index (χ1) is 18.9. The Kier molecular flexibility index (Phi) is 7.65. The fourth-order valence-electron chi connectivity index (χ4n) is 5.12. The molecule has 10 heteroatoms. The second-order valence-electron chi connectivity index (χ2n) is 10.1. The van der Waals surface area contributed by atoms with E-state index in [0.717, 1.165) is 42.8 Å². The summed E-state index contributed by atoms with van der Waals surface area (Å²) >= 11 is 0. The van der Waals surface area contributed by atoms with E-state index in [4.69, 9.17) is 19.5 Å². The van der Waals surface area contributed by atoms with Gasteiger partial charge in [0.1, 0.15) is 5.75 Å². The number of aryl methyl sites for hydroxylation is 2. The maximum atomic E-state index is 12.9. The summed E-state index contributed by atoms with van der Waals surface area (Å²) in [6.07, 6.45) is 6.62. The van der Waals surface area contributed by atoms with Crippen LogP contribution in [0.5, 0.6) is 5.75 Å². The maximum Gasteiger partial charge on any atom is 0.251 e. The minimum atomic E-state index is -0.111. The van der Waals surface area contributed by atoms with Gasteiger partial charge in [-0.15, -0.1) is 0 Å². The van der Waals surface area contributed by atoms with Crippen LogP contribution in [0.4, 0.5) is 11.6 Å². The lowest BCUT2D eigenvalue weighted by Gasteiger charge is -2.29. The van der Waals surface area contributed by atoms with Crippen molar-refractivity contribution in [1.29, 1.82) is 5.41 Å². The summed E-state index contributed by atoms with van der Waals surface area (Å²) in [4.78, 5) is 24.5. The van der Waals surface area contributed by atoms with E-state index < -0.39 is 0 Å². The van der Waals surface area contributed by atoms with E-state index in [1.54, 1.807) is 37.8 Å². The van der Waals surface area contributed by atoms with Crippen molar-refractivity contribution in [2.24, 2.45) is 0 Å². The molecule has 1 amide bonds. The third kappa shape index (κ3) is 5.51. The third-order valence-corrected chi connectivity index (χ3v) is 7.40. The van der Waals surface area contributed by atoms with E-state index in [9.17, 15) is 4.79 Å². The van der Waals surface area contributed by atoms with Crippen LogP contribution in [0.2, 0.25) is 0 Å². The molecule has 204 valence electrons. The molecular weight excluding hydrogens is 494 g/mol. The van der Waals surface area contributed by atoms with Crippen LogP contribution in [0.25, 0.3) is 11.3 Å². The third-order valence-electron chi connectivity index (χ3n) is 7.40. The minimum Gasteiger partial charge on any atom is -0.495 e. The number of amides is 1. The van der Waals surface area contributed by atoms with Crippen molar-refractivity contribution in [3.05, 3.63) is 64.9 Å². The lowest BCUT2D eigenvalue weighted by molar-refractivity contribution is 0.0916. The first-order valence-electron chi connectivity index (χ1n) is 13.2. The Labute approximate surface area is 228 Å². The van der Waals surface area contributed by atoms with Gasteiger partial charge in [0.15, 0.2) is 5.76 Å². The smallest absolute Gasteiger partial charge is 0.251 e. The normalized spacial score (nSPS) is 17.4. The molecule has 0 bridgehead atoms. The largest absolute Gasteiger partial charge is 0.495 e. The number of nitrogens with zero attached hydrogens (tertiary/aromatic N) is 3. The molecule has 3 aromatic rings. The van der Waals surface area contributed by atoms with Gasteiger partial charge in [-0.2, -0.15) is 0 Å². The fraction of sp³-hybridized carbons (Fsp3) is 0.379. The van der Waals surface area contributed by atoms with Gasteiger partial charge in [0.05, 0.1) is 30.5 Å². The Morgan fingerprint density at radius 3 is 2.69 bits per heavy atom. The highest BCUT2D eigenvalue weighted by Gasteiger charge is 2.27. The summed E-state index contributed by atoms with van der Waals surface area (Å²) in [6.45, 7) is 3.93. The first-order valence-corrected chi connectivity index (χ1v) is 13.2. The summed E-state index contributed by atoms with van der Waals surface area (Å²) in [5, 5.41) is 18.3. The highest BCUT2D eigenvalue weighted by atomic mass is 16.5. The van der Waals surface area contributed by atoms with Gasteiger partial charge in [-0.25, -0.2) is 9.97 Å². The van der Waals surface area contributed by atoms with Gasteiger partial charge >= 0.3 is 0 Å². The van der Waals surface area contributed by atoms with Crippen LogP contribution in [0.1, 0.15) is 52.2 Å². The van der Waals surface area contributed by atoms with Gasteiger partial charge < -0.3 is 35.4 Å². The zero-order valence-electron chi connectivity index (χ0n) is 22.9. The molecule has 0 radical (unpaired) electrons. The standard InChI is InChI=1S/C29H35N7O3/c1-17-11-14-39-27(17)26(31-2)24-21(30)7-5-19-16-32-29(35-25(19)24)34-22-8-6-18(15-23(22)38-4)28(37)33-20-9-12-36(3)13-10-20/h6,8,11,14-16,20,30-31H,5,7,9-10,12-13H2,1-4H3,(H,33,37)(H,32,34,35)/b26-24+,30-21?. The number of carbonyl (C=O) groups is 1. The summed E-state index contributed by atoms with van der Waals surface area (Å²) in [5.41, 5.74) is 5.73. The van der Waals surface area contributed by atoms with Gasteiger partial charge in [-0.3, -0.25) is 4.79 Å². The number of allylic oxidation sites excluding steroid dienone is 1. The maximum absolute atomic E-state index is 12.9. The van der Waals surface area contributed by atoms with Gasteiger partial charge in [-0.05, 0) is 88.1 Å². The predicted molar refractivity (Wildman–Crippen MR) is 152 cm³/mol. The number of methoxy groups -OCH3 is 1. The molecule has 2 aliphatic rings. The van der Waals surface area contributed by atoms with Crippen molar-refractivity contribution in [1.82, 2.24) is 25.5 Å². The number of hydrogen-bond donors (Lipinski definition) is 4. The van der Waals surface area contributed by atoms with Crippen molar-refractivity contribution < 1.29 is 13.9 Å². The number of aromatic nitrogens is 2. The topological polar surface area (TPSA) is 128 Å². The van der Waals surface area contributed by atoms with Gasteiger partial charge in [-0.1, -0.05) is 0 Å². The number of hydrogen-bond acceptors (Lipinski definition) is 9. The van der Waals surface area contributed by atoms with E-state index in [2.05, 4.69) is 32.9 Å². The van der Waals surface area contributed by atoms with Crippen LogP contribution in [-0.2, 0) is 6.42 Å². The lowest BCUT2D eigenvalue weighted by atomic mass is 9.88. The predicted octanol–water partition coefficient (Wildman–Crippen LogP) is 4.01. The molecule has 5 rings (SSSR count). The number of fused-ring (bicyclic) bond motifs is 1. The van der Waals surface area contributed by atoms with Crippen molar-refractivity contribution in [3.8, 4) is 5.75 Å².